The maximum Gasteiger partial charge on any atom is 0.389 e. The summed E-state index contributed by atoms with van der Waals surface area (Å²) in [5, 5.41) is 0. The van der Waals surface area contributed by atoms with Crippen LogP contribution in [0.5, 0.6) is 5.88 Å². The van der Waals surface area contributed by atoms with Gasteiger partial charge >= 0.3 is 6.18 Å². The van der Waals surface area contributed by atoms with E-state index in [1.807, 2.05) is 0 Å². The van der Waals surface area contributed by atoms with Crippen molar-refractivity contribution in [2.75, 3.05) is 7.11 Å². The second-order valence-corrected chi connectivity index (χ2v) is 3.36. The molecule has 0 saturated heterocycles. The van der Waals surface area contributed by atoms with E-state index in [0.29, 0.717) is 5.69 Å². The normalized spacial score (nSPS) is 13.5. The van der Waals surface area contributed by atoms with Crippen LogP contribution in [0.2, 0.25) is 0 Å². The third-order valence-electron chi connectivity index (χ3n) is 2.15. The molecule has 0 amide bonds. The zero-order chi connectivity index (χ0) is 12.9. The predicted octanol–water partition coefficient (Wildman–Crippen LogP) is 1.33. The Morgan fingerprint density at radius 1 is 1.47 bits per heavy atom. The average molecular weight is 250 g/mol. The number of nitrogens with zero attached hydrogens (tertiary/aromatic N) is 2. The number of ether oxygens (including phenoxy) is 1. The number of alkyl halides is 3. The molecule has 0 aliphatic heterocycles. The molecule has 3 N–H and O–H groups in total. The van der Waals surface area contributed by atoms with Crippen LogP contribution in [0.3, 0.4) is 0 Å². The molecule has 1 rings (SSSR count). The fourth-order valence-corrected chi connectivity index (χ4v) is 1.28. The van der Waals surface area contributed by atoms with Gasteiger partial charge in [-0.3, -0.25) is 11.3 Å². The second-order valence-electron chi connectivity index (χ2n) is 3.36. The van der Waals surface area contributed by atoms with Crippen LogP contribution < -0.4 is 16.0 Å². The summed E-state index contributed by atoms with van der Waals surface area (Å²) in [6, 6.07) is 0.759. The molecule has 1 aromatic rings. The topological polar surface area (TPSA) is 73.1 Å². The van der Waals surface area contributed by atoms with Gasteiger partial charge in [-0.05, 0) is 6.42 Å². The van der Waals surface area contributed by atoms with Crippen LogP contribution in [0, 0.1) is 0 Å². The summed E-state index contributed by atoms with van der Waals surface area (Å²) < 4.78 is 41.1. The second kappa shape index (κ2) is 5.78. The van der Waals surface area contributed by atoms with Gasteiger partial charge in [0.15, 0.2) is 0 Å². The number of methoxy groups -OCH3 is 1. The Labute approximate surface area is 96.2 Å². The van der Waals surface area contributed by atoms with Crippen molar-refractivity contribution in [2.24, 2.45) is 5.84 Å². The quantitative estimate of drug-likeness (QED) is 0.609. The zero-order valence-corrected chi connectivity index (χ0v) is 9.16. The number of nitrogens with two attached hydrogens (primary N) is 1. The third kappa shape index (κ3) is 4.53. The van der Waals surface area contributed by atoms with Gasteiger partial charge in [0.1, 0.15) is 6.33 Å². The fourth-order valence-electron chi connectivity index (χ4n) is 1.28. The smallest absolute Gasteiger partial charge is 0.389 e. The van der Waals surface area contributed by atoms with Crippen LogP contribution in [0.4, 0.5) is 13.2 Å². The first-order valence-electron chi connectivity index (χ1n) is 4.85. The largest absolute Gasteiger partial charge is 0.481 e. The number of hydrazine groups is 1. The highest BCUT2D eigenvalue weighted by molar-refractivity contribution is 5.16. The third-order valence-corrected chi connectivity index (χ3v) is 2.15. The number of hydrogen-bond acceptors (Lipinski definition) is 5. The highest BCUT2D eigenvalue weighted by Gasteiger charge is 2.28. The highest BCUT2D eigenvalue weighted by atomic mass is 19.4. The fraction of sp³-hybridized carbons (Fsp3) is 0.556. The molecule has 8 heteroatoms. The summed E-state index contributed by atoms with van der Waals surface area (Å²) in [6.45, 7) is 0. The Morgan fingerprint density at radius 2 is 2.18 bits per heavy atom. The minimum atomic E-state index is -4.22. The van der Waals surface area contributed by atoms with Crippen molar-refractivity contribution < 1.29 is 17.9 Å². The lowest BCUT2D eigenvalue weighted by Gasteiger charge is -2.16. The van der Waals surface area contributed by atoms with E-state index in [1.165, 1.54) is 19.5 Å². The molecule has 0 bridgehead atoms. The molecule has 1 aromatic heterocycles. The number of nitrogens with one attached hydrogen (secondary N) is 1. The van der Waals surface area contributed by atoms with E-state index in [0.717, 1.165) is 0 Å². The van der Waals surface area contributed by atoms with Crippen LogP contribution in [-0.4, -0.2) is 23.3 Å². The molecule has 0 radical (unpaired) electrons. The lowest BCUT2D eigenvalue weighted by atomic mass is 10.1. The molecule has 17 heavy (non-hydrogen) atoms. The van der Waals surface area contributed by atoms with Crippen LogP contribution >= 0.6 is 0 Å². The lowest BCUT2D eigenvalue weighted by molar-refractivity contribution is -0.136. The highest BCUT2D eigenvalue weighted by Crippen LogP contribution is 2.27. The van der Waals surface area contributed by atoms with Gasteiger partial charge in [0.2, 0.25) is 5.88 Å². The van der Waals surface area contributed by atoms with Gasteiger partial charge in [-0.25, -0.2) is 9.97 Å². The van der Waals surface area contributed by atoms with E-state index < -0.39 is 18.6 Å². The maximum atomic E-state index is 12.1. The molecule has 0 aliphatic rings. The van der Waals surface area contributed by atoms with Crippen LogP contribution in [0.1, 0.15) is 24.6 Å². The monoisotopic (exact) mass is 250 g/mol. The summed E-state index contributed by atoms with van der Waals surface area (Å²) in [6.07, 6.45) is -4.13. The van der Waals surface area contributed by atoms with E-state index >= 15 is 0 Å². The van der Waals surface area contributed by atoms with Crippen molar-refractivity contribution in [1.29, 1.82) is 0 Å². The van der Waals surface area contributed by atoms with Gasteiger partial charge in [0, 0.05) is 12.5 Å². The Bertz CT molecular complexity index is 358. The van der Waals surface area contributed by atoms with Gasteiger partial charge in [-0.1, -0.05) is 0 Å². The molecule has 1 atom stereocenters. The lowest BCUT2D eigenvalue weighted by Crippen LogP contribution is -2.29. The van der Waals surface area contributed by atoms with Crippen molar-refractivity contribution in [2.45, 2.75) is 25.1 Å². The number of hydrogen-bond donors (Lipinski definition) is 2. The molecule has 0 saturated carbocycles. The van der Waals surface area contributed by atoms with Gasteiger partial charge in [-0.2, -0.15) is 13.2 Å². The van der Waals surface area contributed by atoms with Crippen molar-refractivity contribution in [3.8, 4) is 5.88 Å². The van der Waals surface area contributed by atoms with E-state index in [2.05, 4.69) is 15.4 Å². The Balaban J connectivity index is 2.72. The first kappa shape index (κ1) is 13.7. The number of halogens is 3. The summed E-state index contributed by atoms with van der Waals surface area (Å²) in [4.78, 5) is 7.62. The van der Waals surface area contributed by atoms with E-state index in [-0.39, 0.29) is 12.3 Å². The van der Waals surface area contributed by atoms with E-state index in [1.54, 1.807) is 0 Å². The van der Waals surface area contributed by atoms with Crippen molar-refractivity contribution >= 4 is 0 Å². The van der Waals surface area contributed by atoms with Gasteiger partial charge in [-0.15, -0.1) is 0 Å². The molecule has 96 valence electrons. The van der Waals surface area contributed by atoms with Gasteiger partial charge in [0.25, 0.3) is 0 Å². The van der Waals surface area contributed by atoms with Gasteiger partial charge < -0.3 is 4.74 Å². The molecule has 5 nitrogen and oxygen atoms in total. The summed E-state index contributed by atoms with van der Waals surface area (Å²) in [5.41, 5.74) is 2.66. The summed E-state index contributed by atoms with van der Waals surface area (Å²) in [5.74, 6) is 5.49. The Hall–Kier alpha value is -1.41. The maximum absolute atomic E-state index is 12.1. The summed E-state index contributed by atoms with van der Waals surface area (Å²) in [7, 11) is 1.41. The molecule has 0 aromatic carbocycles. The molecule has 0 aliphatic carbocycles. The zero-order valence-electron chi connectivity index (χ0n) is 9.16. The van der Waals surface area contributed by atoms with Gasteiger partial charge in [0.05, 0.1) is 18.8 Å². The van der Waals surface area contributed by atoms with Crippen LogP contribution in [0.15, 0.2) is 12.4 Å². The van der Waals surface area contributed by atoms with Crippen molar-refractivity contribution in [3.63, 3.8) is 0 Å². The van der Waals surface area contributed by atoms with Crippen LogP contribution in [-0.2, 0) is 0 Å². The first-order chi connectivity index (χ1) is 7.96. The molecule has 1 heterocycles. The minimum Gasteiger partial charge on any atom is -0.481 e. The minimum absolute atomic E-state index is 0.194. The van der Waals surface area contributed by atoms with Crippen LogP contribution in [0.25, 0.3) is 0 Å². The number of aromatic nitrogens is 2. The predicted molar refractivity (Wildman–Crippen MR) is 53.9 cm³/mol. The molecule has 1 unspecified atom stereocenters. The molecular formula is C9H13F3N4O. The Kier molecular flexibility index (Phi) is 4.64. The van der Waals surface area contributed by atoms with E-state index in [4.69, 9.17) is 10.6 Å². The average Bonchev–Trinajstić information content (AvgIpc) is 2.29. The molecular weight excluding hydrogens is 237 g/mol. The standard InChI is InChI=1S/C9H13F3N4O/c1-17-8-4-7(14-5-15-8)6(16-13)2-3-9(10,11)12/h4-6,16H,2-3,13H2,1H3. The SMILES string of the molecule is COc1cc(C(CCC(F)(F)F)NN)ncn1. The van der Waals surface area contributed by atoms with Crippen molar-refractivity contribution in [1.82, 2.24) is 15.4 Å². The first-order valence-corrected chi connectivity index (χ1v) is 4.85. The van der Waals surface area contributed by atoms with Crippen molar-refractivity contribution in [3.05, 3.63) is 18.1 Å². The summed E-state index contributed by atoms with van der Waals surface area (Å²) >= 11 is 0. The Morgan fingerprint density at radius 3 is 2.71 bits per heavy atom. The van der Waals surface area contributed by atoms with E-state index in [9.17, 15) is 13.2 Å². The molecule has 0 spiro atoms. The number of rotatable bonds is 5. The molecule has 0 fully saturated rings.